The van der Waals surface area contributed by atoms with Gasteiger partial charge in [0.1, 0.15) is 6.61 Å². The lowest BCUT2D eigenvalue weighted by molar-refractivity contribution is -0.155. The Hall–Kier alpha value is -1.10. The number of hydrogen-bond donors (Lipinski definition) is 1. The molecule has 5 nitrogen and oxygen atoms in total. The van der Waals surface area contributed by atoms with Gasteiger partial charge in [-0.2, -0.15) is 0 Å². The molecule has 0 aliphatic heterocycles. The Morgan fingerprint density at radius 3 is 1.50 bits per heavy atom. The molecule has 5 heteroatoms. The molecule has 0 unspecified atom stereocenters. The summed E-state index contributed by atoms with van der Waals surface area (Å²) in [5.74, 6) is -0.376. The molecule has 0 heterocycles. The molecule has 0 aromatic heterocycles. The van der Waals surface area contributed by atoms with Crippen LogP contribution in [0.2, 0.25) is 0 Å². The fraction of sp³-hybridized carbons (Fsp3) is 0.882. The van der Waals surface area contributed by atoms with Crippen LogP contribution < -0.4 is 0 Å². The van der Waals surface area contributed by atoms with Gasteiger partial charge in [-0.05, 0) is 40.5 Å². The normalized spacial score (nSPS) is 10.2. The maximum absolute atomic E-state index is 11.1. The van der Waals surface area contributed by atoms with Crippen molar-refractivity contribution in [1.29, 1.82) is 0 Å². The molecule has 0 rings (SSSR count). The highest BCUT2D eigenvalue weighted by Gasteiger charge is 2.26. The summed E-state index contributed by atoms with van der Waals surface area (Å²) < 4.78 is 9.32. The van der Waals surface area contributed by atoms with Crippen molar-refractivity contribution < 1.29 is 24.2 Å². The Labute approximate surface area is 137 Å². The molecule has 0 aliphatic rings. The van der Waals surface area contributed by atoms with Crippen LogP contribution in [0, 0.1) is 10.8 Å². The molecular formula is C17H38O5. The van der Waals surface area contributed by atoms with Gasteiger partial charge in [-0.1, -0.05) is 28.7 Å². The summed E-state index contributed by atoms with van der Waals surface area (Å²) >= 11 is 0. The molecule has 22 heavy (non-hydrogen) atoms. The number of aliphatic hydroxyl groups excluding tert-OH is 1. The standard InChI is InChI=1S/C8H16O3.C7H14O2.2CH4/c1-4-8(2,3)7(10)11-6-5-9;1-5-7(2,3)6(8)9-4;;/h9H,4-6H2,1-3H3;5H2,1-4H3;2*1H4. The molecule has 0 aromatic rings. The second kappa shape index (κ2) is 13.6. The van der Waals surface area contributed by atoms with Crippen molar-refractivity contribution in [3.63, 3.8) is 0 Å². The summed E-state index contributed by atoms with van der Waals surface area (Å²) in [6, 6.07) is 0. The molecular weight excluding hydrogens is 284 g/mol. The number of rotatable bonds is 6. The highest BCUT2D eigenvalue weighted by atomic mass is 16.5. The van der Waals surface area contributed by atoms with E-state index in [0.717, 1.165) is 12.8 Å². The Morgan fingerprint density at radius 1 is 0.909 bits per heavy atom. The lowest BCUT2D eigenvalue weighted by Gasteiger charge is -2.19. The Morgan fingerprint density at radius 2 is 1.27 bits per heavy atom. The molecule has 0 bridgehead atoms. The molecule has 0 amide bonds. The van der Waals surface area contributed by atoms with Crippen LogP contribution in [0.1, 0.15) is 69.2 Å². The quantitative estimate of drug-likeness (QED) is 0.752. The third-order valence-corrected chi connectivity index (χ3v) is 3.38. The zero-order valence-corrected chi connectivity index (χ0v) is 13.9. The van der Waals surface area contributed by atoms with Gasteiger partial charge in [-0.25, -0.2) is 0 Å². The van der Waals surface area contributed by atoms with E-state index in [4.69, 9.17) is 9.84 Å². The van der Waals surface area contributed by atoms with Crippen molar-refractivity contribution in [2.24, 2.45) is 10.8 Å². The second-order valence-corrected chi connectivity index (χ2v) is 5.83. The molecule has 0 saturated heterocycles. The van der Waals surface area contributed by atoms with Gasteiger partial charge in [0.2, 0.25) is 0 Å². The van der Waals surface area contributed by atoms with Gasteiger partial charge in [0.05, 0.1) is 24.5 Å². The largest absolute Gasteiger partial charge is 0.469 e. The molecule has 0 atom stereocenters. The van der Waals surface area contributed by atoms with E-state index in [1.54, 1.807) is 0 Å². The predicted octanol–water partition coefficient (Wildman–Crippen LogP) is 3.83. The molecule has 0 aliphatic carbocycles. The average molecular weight is 322 g/mol. The third-order valence-electron chi connectivity index (χ3n) is 3.38. The Kier molecular flexibility index (Phi) is 17.9. The van der Waals surface area contributed by atoms with Crippen molar-refractivity contribution in [3.8, 4) is 0 Å². The van der Waals surface area contributed by atoms with Gasteiger partial charge in [0, 0.05) is 0 Å². The minimum absolute atomic E-state index is 0. The number of hydrogen-bond acceptors (Lipinski definition) is 5. The van der Waals surface area contributed by atoms with Crippen molar-refractivity contribution in [3.05, 3.63) is 0 Å². The van der Waals surface area contributed by atoms with Gasteiger partial charge >= 0.3 is 11.9 Å². The van der Waals surface area contributed by atoms with Crippen LogP contribution in [0.25, 0.3) is 0 Å². The van der Waals surface area contributed by atoms with Gasteiger partial charge in [-0.15, -0.1) is 0 Å². The van der Waals surface area contributed by atoms with E-state index in [1.807, 2.05) is 41.5 Å². The molecule has 136 valence electrons. The van der Waals surface area contributed by atoms with Crippen molar-refractivity contribution in [2.75, 3.05) is 20.3 Å². The summed E-state index contributed by atoms with van der Waals surface area (Å²) in [5, 5.41) is 8.38. The van der Waals surface area contributed by atoms with E-state index in [1.165, 1.54) is 7.11 Å². The second-order valence-electron chi connectivity index (χ2n) is 5.83. The van der Waals surface area contributed by atoms with E-state index >= 15 is 0 Å². The first kappa shape index (κ1) is 29.0. The summed E-state index contributed by atoms with van der Waals surface area (Å²) in [4.78, 5) is 22.0. The Balaban J connectivity index is -0.000000137. The van der Waals surface area contributed by atoms with Crippen LogP contribution in [0.15, 0.2) is 0 Å². The van der Waals surface area contributed by atoms with Crippen LogP contribution in [-0.2, 0) is 19.1 Å². The first-order valence-electron chi connectivity index (χ1n) is 6.95. The number of aliphatic hydroxyl groups is 1. The van der Waals surface area contributed by atoms with Crippen LogP contribution in [-0.4, -0.2) is 37.4 Å². The summed E-state index contributed by atoms with van der Waals surface area (Å²) in [5.41, 5.74) is -0.732. The predicted molar refractivity (Wildman–Crippen MR) is 91.7 cm³/mol. The highest BCUT2D eigenvalue weighted by molar-refractivity contribution is 5.76. The molecule has 0 spiro atoms. The monoisotopic (exact) mass is 322 g/mol. The zero-order chi connectivity index (χ0) is 16.4. The topological polar surface area (TPSA) is 72.8 Å². The van der Waals surface area contributed by atoms with E-state index in [2.05, 4.69) is 4.74 Å². The lowest BCUT2D eigenvalue weighted by Crippen LogP contribution is -2.26. The van der Waals surface area contributed by atoms with E-state index in [0.29, 0.717) is 0 Å². The van der Waals surface area contributed by atoms with Gasteiger partial charge in [0.25, 0.3) is 0 Å². The maximum Gasteiger partial charge on any atom is 0.311 e. The van der Waals surface area contributed by atoms with Crippen LogP contribution in [0.5, 0.6) is 0 Å². The maximum atomic E-state index is 11.1. The fourth-order valence-electron chi connectivity index (χ4n) is 0.899. The summed E-state index contributed by atoms with van der Waals surface area (Å²) in [7, 11) is 1.42. The molecule has 1 N–H and O–H groups in total. The van der Waals surface area contributed by atoms with E-state index < -0.39 is 5.41 Å². The van der Waals surface area contributed by atoms with E-state index in [-0.39, 0.29) is 45.4 Å². The van der Waals surface area contributed by atoms with E-state index in [9.17, 15) is 9.59 Å². The van der Waals surface area contributed by atoms with Crippen LogP contribution in [0.3, 0.4) is 0 Å². The fourth-order valence-corrected chi connectivity index (χ4v) is 0.899. The van der Waals surface area contributed by atoms with Gasteiger partial charge in [-0.3, -0.25) is 9.59 Å². The molecule has 0 saturated carbocycles. The third kappa shape index (κ3) is 11.5. The molecule has 0 fully saturated rings. The summed E-state index contributed by atoms with van der Waals surface area (Å²) in [6.07, 6.45) is 1.57. The van der Waals surface area contributed by atoms with Crippen LogP contribution >= 0.6 is 0 Å². The minimum atomic E-state index is -0.421. The Bertz CT molecular complexity index is 295. The molecule has 0 aromatic carbocycles. The molecule has 0 radical (unpaired) electrons. The minimum Gasteiger partial charge on any atom is -0.469 e. The lowest BCUT2D eigenvalue weighted by atomic mass is 9.91. The van der Waals surface area contributed by atoms with Gasteiger partial charge in [0.15, 0.2) is 0 Å². The first-order valence-corrected chi connectivity index (χ1v) is 6.95. The van der Waals surface area contributed by atoms with Crippen molar-refractivity contribution in [2.45, 2.75) is 69.2 Å². The highest BCUT2D eigenvalue weighted by Crippen LogP contribution is 2.21. The van der Waals surface area contributed by atoms with Gasteiger partial charge < -0.3 is 14.6 Å². The SMILES string of the molecule is C.C.CCC(C)(C)C(=O)OC.CCC(C)(C)C(=O)OCCO. The number of methoxy groups -OCH3 is 1. The number of esters is 2. The van der Waals surface area contributed by atoms with Crippen molar-refractivity contribution >= 4 is 11.9 Å². The number of ether oxygens (including phenoxy) is 2. The number of carbonyl (C=O) groups is 2. The summed E-state index contributed by atoms with van der Waals surface area (Å²) in [6.45, 7) is 11.3. The van der Waals surface area contributed by atoms with Crippen LogP contribution in [0.4, 0.5) is 0 Å². The average Bonchev–Trinajstić information content (AvgIpc) is 2.44. The van der Waals surface area contributed by atoms with Crippen molar-refractivity contribution in [1.82, 2.24) is 0 Å². The zero-order valence-electron chi connectivity index (χ0n) is 13.9. The smallest absolute Gasteiger partial charge is 0.311 e. The number of carbonyl (C=O) groups excluding carboxylic acids is 2. The first-order chi connectivity index (χ1) is 9.08.